The monoisotopic (exact) mass is 325 g/mol. The van der Waals surface area contributed by atoms with Gasteiger partial charge in [-0.3, -0.25) is 9.59 Å². The number of nitrogens with zero attached hydrogens (tertiary/aromatic N) is 2. The summed E-state index contributed by atoms with van der Waals surface area (Å²) in [7, 11) is 3.38. The predicted octanol–water partition coefficient (Wildman–Crippen LogP) is 1.47. The van der Waals surface area contributed by atoms with Crippen molar-refractivity contribution in [2.45, 2.75) is 45.9 Å². The van der Waals surface area contributed by atoms with Gasteiger partial charge in [0.2, 0.25) is 11.8 Å². The van der Waals surface area contributed by atoms with Crippen LogP contribution in [0.25, 0.3) is 0 Å². The second kappa shape index (κ2) is 6.34. The molecule has 1 aromatic heterocycles. The molecule has 2 heterocycles. The maximum atomic E-state index is 12.4. The van der Waals surface area contributed by atoms with Gasteiger partial charge in [-0.25, -0.2) is 4.98 Å². The summed E-state index contributed by atoms with van der Waals surface area (Å²) in [5.74, 6) is -0.387. The van der Waals surface area contributed by atoms with Gasteiger partial charge in [0.25, 0.3) is 0 Å². The fourth-order valence-corrected chi connectivity index (χ4v) is 3.64. The molecule has 1 atom stereocenters. The van der Waals surface area contributed by atoms with E-state index in [4.69, 9.17) is 4.74 Å². The van der Waals surface area contributed by atoms with Crippen LogP contribution < -0.4 is 5.32 Å². The number of amides is 2. The first-order chi connectivity index (χ1) is 10.3. The maximum Gasteiger partial charge on any atom is 0.226 e. The summed E-state index contributed by atoms with van der Waals surface area (Å²) in [4.78, 5) is 31.4. The third-order valence-corrected chi connectivity index (χ3v) is 5.55. The summed E-state index contributed by atoms with van der Waals surface area (Å²) in [6, 6.07) is 0. The zero-order valence-corrected chi connectivity index (χ0v) is 14.5. The highest BCUT2D eigenvalue weighted by molar-refractivity contribution is 7.11. The average Bonchev–Trinajstić information content (AvgIpc) is 2.89. The topological polar surface area (TPSA) is 71.5 Å². The second-order valence-corrected chi connectivity index (χ2v) is 7.30. The van der Waals surface area contributed by atoms with Crippen LogP contribution in [0.3, 0.4) is 0 Å². The van der Waals surface area contributed by atoms with Crippen LogP contribution >= 0.6 is 11.3 Å². The summed E-state index contributed by atoms with van der Waals surface area (Å²) >= 11 is 1.54. The fraction of sp³-hybridized carbons (Fsp3) is 0.667. The zero-order chi connectivity index (χ0) is 16.5. The maximum absolute atomic E-state index is 12.4. The Morgan fingerprint density at radius 2 is 2.23 bits per heavy atom. The van der Waals surface area contributed by atoms with Gasteiger partial charge in [0, 0.05) is 31.0 Å². The number of aromatic nitrogens is 1. The number of likely N-dealkylation sites (tertiary alicyclic amines) is 1. The van der Waals surface area contributed by atoms with Crippen molar-refractivity contribution in [3.8, 4) is 0 Å². The molecule has 0 bridgehead atoms. The molecule has 1 aliphatic heterocycles. The number of thiazole rings is 1. The Balaban J connectivity index is 2.00. The number of hydrogen-bond donors (Lipinski definition) is 1. The van der Waals surface area contributed by atoms with E-state index in [2.05, 4.69) is 10.3 Å². The smallest absolute Gasteiger partial charge is 0.226 e. The van der Waals surface area contributed by atoms with E-state index in [9.17, 15) is 9.59 Å². The normalized spacial score (nSPS) is 20.5. The van der Waals surface area contributed by atoms with Crippen LogP contribution in [-0.2, 0) is 27.5 Å². The van der Waals surface area contributed by atoms with Crippen molar-refractivity contribution in [2.24, 2.45) is 5.92 Å². The van der Waals surface area contributed by atoms with Crippen LogP contribution in [0.4, 0.5) is 0 Å². The minimum atomic E-state index is -0.453. The standard InChI is InChI=1S/C15H23N3O3S/c1-9-11(22-12(17-9)8-21-5)7-16-14(20)10-6-13(19)18(4)15(10,2)3/h10H,6-8H2,1-5H3,(H,16,20)/t10-/m1/s1. The lowest BCUT2D eigenvalue weighted by atomic mass is 9.88. The van der Waals surface area contributed by atoms with Crippen LogP contribution in [-0.4, -0.2) is 41.4 Å². The third kappa shape index (κ3) is 3.15. The molecule has 1 aliphatic rings. The Labute approximate surface area is 134 Å². The lowest BCUT2D eigenvalue weighted by molar-refractivity contribution is -0.128. The minimum absolute atomic E-state index is 0.0153. The summed E-state index contributed by atoms with van der Waals surface area (Å²) in [5, 5.41) is 3.85. The van der Waals surface area contributed by atoms with Crippen molar-refractivity contribution < 1.29 is 14.3 Å². The molecule has 122 valence electrons. The number of carbonyl (C=O) groups is 2. The van der Waals surface area contributed by atoms with Crippen molar-refractivity contribution in [1.82, 2.24) is 15.2 Å². The molecule has 7 heteroatoms. The lowest BCUT2D eigenvalue weighted by Crippen LogP contribution is -2.46. The van der Waals surface area contributed by atoms with Crippen molar-refractivity contribution in [3.63, 3.8) is 0 Å². The largest absolute Gasteiger partial charge is 0.378 e. The van der Waals surface area contributed by atoms with Gasteiger partial charge < -0.3 is 15.0 Å². The van der Waals surface area contributed by atoms with E-state index in [0.29, 0.717) is 13.2 Å². The molecule has 22 heavy (non-hydrogen) atoms. The first-order valence-corrected chi connectivity index (χ1v) is 8.07. The number of ether oxygens (including phenoxy) is 1. The Morgan fingerprint density at radius 1 is 1.55 bits per heavy atom. The molecular weight excluding hydrogens is 302 g/mol. The Hall–Kier alpha value is -1.47. The van der Waals surface area contributed by atoms with Crippen LogP contribution in [0.2, 0.25) is 0 Å². The molecule has 2 rings (SSSR count). The first kappa shape index (κ1) is 16.9. The Kier molecular flexibility index (Phi) is 4.87. The van der Waals surface area contributed by atoms with Crippen molar-refractivity contribution in [2.75, 3.05) is 14.2 Å². The van der Waals surface area contributed by atoms with Crippen molar-refractivity contribution in [1.29, 1.82) is 0 Å². The van der Waals surface area contributed by atoms with Gasteiger partial charge >= 0.3 is 0 Å². The quantitative estimate of drug-likeness (QED) is 0.890. The van der Waals surface area contributed by atoms with Gasteiger partial charge in [0.15, 0.2) is 0 Å². The average molecular weight is 325 g/mol. The predicted molar refractivity (Wildman–Crippen MR) is 84.4 cm³/mol. The van der Waals surface area contributed by atoms with Gasteiger partial charge in [0.1, 0.15) is 5.01 Å². The number of aryl methyl sites for hydroxylation is 1. The van der Waals surface area contributed by atoms with Crippen LogP contribution in [0.1, 0.15) is 35.8 Å². The van der Waals surface area contributed by atoms with Crippen LogP contribution in [0, 0.1) is 12.8 Å². The van der Waals surface area contributed by atoms with Gasteiger partial charge in [-0.05, 0) is 20.8 Å². The van der Waals surface area contributed by atoms with Gasteiger partial charge in [-0.2, -0.15) is 0 Å². The van der Waals surface area contributed by atoms with E-state index in [1.807, 2.05) is 20.8 Å². The highest BCUT2D eigenvalue weighted by Crippen LogP contribution is 2.34. The summed E-state index contributed by atoms with van der Waals surface area (Å²) in [6.07, 6.45) is 0.270. The molecular formula is C15H23N3O3S. The first-order valence-electron chi connectivity index (χ1n) is 7.25. The summed E-state index contributed by atoms with van der Waals surface area (Å²) in [5.41, 5.74) is 0.460. The number of hydrogen-bond acceptors (Lipinski definition) is 5. The van der Waals surface area contributed by atoms with E-state index in [1.165, 1.54) is 0 Å². The van der Waals surface area contributed by atoms with Crippen LogP contribution in [0.15, 0.2) is 0 Å². The molecule has 0 saturated carbocycles. The molecule has 1 saturated heterocycles. The molecule has 1 aromatic rings. The van der Waals surface area contributed by atoms with Crippen molar-refractivity contribution >= 4 is 23.2 Å². The van der Waals surface area contributed by atoms with Crippen molar-refractivity contribution in [3.05, 3.63) is 15.6 Å². The summed E-state index contributed by atoms with van der Waals surface area (Å²) in [6.45, 7) is 6.70. The molecule has 0 spiro atoms. The van der Waals surface area contributed by atoms with Gasteiger partial charge in [0.05, 0.1) is 24.8 Å². The SMILES string of the molecule is COCc1nc(C)c(CNC(=O)[C@H]2CC(=O)N(C)C2(C)C)s1. The molecule has 2 amide bonds. The molecule has 0 unspecified atom stereocenters. The lowest BCUT2D eigenvalue weighted by Gasteiger charge is -2.32. The highest BCUT2D eigenvalue weighted by atomic mass is 32.1. The van der Waals surface area contributed by atoms with E-state index in [1.54, 1.807) is 30.4 Å². The number of nitrogens with one attached hydrogen (secondary N) is 1. The van der Waals surface area contributed by atoms with E-state index < -0.39 is 5.54 Å². The number of methoxy groups -OCH3 is 1. The van der Waals surface area contributed by atoms with E-state index in [-0.39, 0.29) is 24.2 Å². The summed E-state index contributed by atoms with van der Waals surface area (Å²) < 4.78 is 5.07. The van der Waals surface area contributed by atoms with Crippen LogP contribution in [0.5, 0.6) is 0 Å². The molecule has 1 N–H and O–H groups in total. The number of rotatable bonds is 5. The highest BCUT2D eigenvalue weighted by Gasteiger charge is 2.47. The molecule has 0 aromatic carbocycles. The number of carbonyl (C=O) groups excluding carboxylic acids is 2. The molecule has 6 nitrogen and oxygen atoms in total. The molecule has 0 radical (unpaired) electrons. The van der Waals surface area contributed by atoms with E-state index >= 15 is 0 Å². The third-order valence-electron chi connectivity index (χ3n) is 4.41. The van der Waals surface area contributed by atoms with Gasteiger partial charge in [-0.1, -0.05) is 0 Å². The Morgan fingerprint density at radius 3 is 2.77 bits per heavy atom. The zero-order valence-electron chi connectivity index (χ0n) is 13.7. The fourth-order valence-electron chi connectivity index (χ4n) is 2.66. The minimum Gasteiger partial charge on any atom is -0.378 e. The Bertz CT molecular complexity index is 583. The second-order valence-electron chi connectivity index (χ2n) is 6.13. The van der Waals surface area contributed by atoms with E-state index in [0.717, 1.165) is 15.6 Å². The van der Waals surface area contributed by atoms with Gasteiger partial charge in [-0.15, -0.1) is 11.3 Å². The molecule has 0 aliphatic carbocycles. The molecule has 1 fully saturated rings.